The van der Waals surface area contributed by atoms with Crippen molar-refractivity contribution in [2.24, 2.45) is 0 Å². The maximum absolute atomic E-state index is 11.5. The second kappa shape index (κ2) is 7.37. The van der Waals surface area contributed by atoms with Gasteiger partial charge in [-0.15, -0.1) is 0 Å². The summed E-state index contributed by atoms with van der Waals surface area (Å²) in [6.45, 7) is 0.292. The maximum atomic E-state index is 11.5. The van der Waals surface area contributed by atoms with Crippen LogP contribution in [0.15, 0.2) is 16.8 Å². The number of nitrogens with one attached hydrogen (secondary N) is 2. The Morgan fingerprint density at radius 1 is 1.32 bits per heavy atom. The van der Waals surface area contributed by atoms with Crippen LogP contribution in [0.2, 0.25) is 0 Å². The van der Waals surface area contributed by atoms with E-state index in [2.05, 4.69) is 10.6 Å². The van der Waals surface area contributed by atoms with Gasteiger partial charge in [-0.2, -0.15) is 11.3 Å². The number of amides is 2. The molecule has 1 heterocycles. The summed E-state index contributed by atoms with van der Waals surface area (Å²) in [5, 5.41) is 25.8. The molecule has 8 heteroatoms. The molecule has 2 amide bonds. The topological polar surface area (TPSA) is 116 Å². The minimum Gasteiger partial charge on any atom is -0.481 e. The van der Waals surface area contributed by atoms with Crippen LogP contribution in [-0.2, 0) is 16.1 Å². The van der Waals surface area contributed by atoms with Gasteiger partial charge >= 0.3 is 18.0 Å². The molecule has 0 aliphatic heterocycles. The number of carboxylic acid groups (broad SMARTS) is 2. The van der Waals surface area contributed by atoms with Crippen LogP contribution >= 0.6 is 11.3 Å². The summed E-state index contributed by atoms with van der Waals surface area (Å²) in [5.74, 6) is -2.36. The maximum Gasteiger partial charge on any atom is 0.326 e. The summed E-state index contributed by atoms with van der Waals surface area (Å²) >= 11 is 1.49. The Morgan fingerprint density at radius 2 is 2.05 bits per heavy atom. The van der Waals surface area contributed by atoms with Crippen molar-refractivity contribution in [3.05, 3.63) is 22.4 Å². The van der Waals surface area contributed by atoms with Gasteiger partial charge in [0.2, 0.25) is 0 Å². The lowest BCUT2D eigenvalue weighted by Gasteiger charge is -2.14. The highest BCUT2D eigenvalue weighted by Crippen LogP contribution is 2.05. The van der Waals surface area contributed by atoms with Gasteiger partial charge in [-0.3, -0.25) is 4.79 Å². The molecule has 0 radical (unpaired) electrons. The summed E-state index contributed by atoms with van der Waals surface area (Å²) in [4.78, 5) is 32.7. The van der Waals surface area contributed by atoms with E-state index in [0.717, 1.165) is 5.56 Å². The van der Waals surface area contributed by atoms with Crippen molar-refractivity contribution in [3.63, 3.8) is 0 Å². The number of rotatable bonds is 7. The molecule has 7 nitrogen and oxygen atoms in total. The third-order valence-electron chi connectivity index (χ3n) is 2.28. The van der Waals surface area contributed by atoms with Gasteiger partial charge in [-0.25, -0.2) is 9.59 Å². The molecule has 0 spiro atoms. The summed E-state index contributed by atoms with van der Waals surface area (Å²) in [6.07, 6.45) is -0.474. The van der Waals surface area contributed by atoms with Gasteiger partial charge in [-0.1, -0.05) is 0 Å². The molecule has 19 heavy (non-hydrogen) atoms. The zero-order chi connectivity index (χ0) is 14.3. The van der Waals surface area contributed by atoms with Gasteiger partial charge in [0.05, 0.1) is 0 Å². The smallest absolute Gasteiger partial charge is 0.326 e. The first-order chi connectivity index (χ1) is 8.99. The highest BCUT2D eigenvalue weighted by atomic mass is 32.1. The molecule has 0 fully saturated rings. The zero-order valence-corrected chi connectivity index (χ0v) is 10.8. The van der Waals surface area contributed by atoms with Crippen molar-refractivity contribution in [1.29, 1.82) is 0 Å². The Morgan fingerprint density at radius 3 is 2.58 bits per heavy atom. The van der Waals surface area contributed by atoms with Crippen LogP contribution in [-0.4, -0.2) is 34.2 Å². The molecule has 0 saturated heterocycles. The van der Waals surface area contributed by atoms with E-state index >= 15 is 0 Å². The summed E-state index contributed by atoms with van der Waals surface area (Å²) in [5.41, 5.74) is 0.914. The normalized spacial score (nSPS) is 11.6. The predicted molar refractivity (Wildman–Crippen MR) is 68.0 cm³/mol. The summed E-state index contributed by atoms with van der Waals surface area (Å²) in [7, 11) is 0. The Kier molecular flexibility index (Phi) is 5.80. The fourth-order valence-corrected chi connectivity index (χ4v) is 1.98. The molecule has 0 aromatic carbocycles. The van der Waals surface area contributed by atoms with Crippen LogP contribution in [0.3, 0.4) is 0 Å². The van der Waals surface area contributed by atoms with Crippen LogP contribution in [0.25, 0.3) is 0 Å². The SMILES string of the molecule is O=C(O)CCC(NC(=O)NCc1ccsc1)C(=O)O. The first-order valence-electron chi connectivity index (χ1n) is 5.49. The molecule has 1 rings (SSSR count). The van der Waals surface area contributed by atoms with E-state index < -0.39 is 24.0 Å². The molecule has 4 N–H and O–H groups in total. The average molecular weight is 286 g/mol. The number of carbonyl (C=O) groups is 3. The molecular weight excluding hydrogens is 272 g/mol. The molecule has 0 aliphatic carbocycles. The number of carbonyl (C=O) groups excluding carboxylic acids is 1. The lowest BCUT2D eigenvalue weighted by Crippen LogP contribution is -2.45. The van der Waals surface area contributed by atoms with Crippen molar-refractivity contribution in [3.8, 4) is 0 Å². The van der Waals surface area contributed by atoms with Gasteiger partial charge in [-0.05, 0) is 28.8 Å². The van der Waals surface area contributed by atoms with Crippen molar-refractivity contribution >= 4 is 29.3 Å². The Labute approximate surface area is 113 Å². The summed E-state index contributed by atoms with van der Waals surface area (Å²) in [6, 6.07) is -0.00749. The standard InChI is InChI=1S/C11H14N2O5S/c14-9(15)2-1-8(10(16)17)13-11(18)12-5-7-3-4-19-6-7/h3-4,6,8H,1-2,5H2,(H,14,15)(H,16,17)(H2,12,13,18). The minimum absolute atomic E-state index is 0.156. The fourth-order valence-electron chi connectivity index (χ4n) is 1.31. The number of hydrogen-bond acceptors (Lipinski definition) is 4. The Balaban J connectivity index is 2.38. The molecular formula is C11H14N2O5S. The Hall–Kier alpha value is -2.09. The van der Waals surface area contributed by atoms with Crippen LogP contribution < -0.4 is 10.6 Å². The first-order valence-corrected chi connectivity index (χ1v) is 6.43. The first kappa shape index (κ1) is 15.0. The molecule has 0 aliphatic rings. The largest absolute Gasteiger partial charge is 0.481 e. The quantitative estimate of drug-likeness (QED) is 0.593. The van der Waals surface area contributed by atoms with E-state index in [1.807, 2.05) is 16.8 Å². The van der Waals surface area contributed by atoms with Crippen LogP contribution in [0.5, 0.6) is 0 Å². The van der Waals surface area contributed by atoms with E-state index in [1.165, 1.54) is 11.3 Å². The predicted octanol–water partition coefficient (Wildman–Crippen LogP) is 0.865. The van der Waals surface area contributed by atoms with Gasteiger partial charge in [0.15, 0.2) is 0 Å². The van der Waals surface area contributed by atoms with Crippen LogP contribution in [0.4, 0.5) is 4.79 Å². The van der Waals surface area contributed by atoms with E-state index in [4.69, 9.17) is 10.2 Å². The average Bonchev–Trinajstić information content (AvgIpc) is 2.84. The van der Waals surface area contributed by atoms with Crippen molar-refractivity contribution in [2.45, 2.75) is 25.4 Å². The Bertz CT molecular complexity index is 446. The third kappa shape index (κ3) is 5.87. The van der Waals surface area contributed by atoms with Gasteiger partial charge < -0.3 is 20.8 Å². The molecule has 0 saturated carbocycles. The molecule has 1 aromatic rings. The third-order valence-corrected chi connectivity index (χ3v) is 3.02. The second-order valence-corrected chi connectivity index (χ2v) is 4.56. The second-order valence-electron chi connectivity index (χ2n) is 3.78. The highest BCUT2D eigenvalue weighted by Gasteiger charge is 2.20. The van der Waals surface area contributed by atoms with E-state index in [9.17, 15) is 14.4 Å². The van der Waals surface area contributed by atoms with Gasteiger partial charge in [0, 0.05) is 13.0 Å². The number of urea groups is 1. The van der Waals surface area contributed by atoms with Crippen molar-refractivity contribution < 1.29 is 24.6 Å². The number of hydrogen-bond donors (Lipinski definition) is 4. The molecule has 1 aromatic heterocycles. The monoisotopic (exact) mass is 286 g/mol. The zero-order valence-electron chi connectivity index (χ0n) is 9.96. The van der Waals surface area contributed by atoms with Crippen LogP contribution in [0.1, 0.15) is 18.4 Å². The molecule has 104 valence electrons. The lowest BCUT2D eigenvalue weighted by atomic mass is 10.1. The number of aliphatic carboxylic acids is 2. The lowest BCUT2D eigenvalue weighted by molar-refractivity contribution is -0.140. The van der Waals surface area contributed by atoms with Crippen molar-refractivity contribution in [1.82, 2.24) is 10.6 Å². The van der Waals surface area contributed by atoms with E-state index in [0.29, 0.717) is 6.54 Å². The van der Waals surface area contributed by atoms with E-state index in [-0.39, 0.29) is 12.8 Å². The van der Waals surface area contributed by atoms with E-state index in [1.54, 1.807) is 0 Å². The number of thiophene rings is 1. The highest BCUT2D eigenvalue weighted by molar-refractivity contribution is 7.07. The molecule has 1 unspecified atom stereocenters. The summed E-state index contributed by atoms with van der Waals surface area (Å²) < 4.78 is 0. The fraction of sp³-hybridized carbons (Fsp3) is 0.364. The molecule has 0 bridgehead atoms. The molecule has 1 atom stereocenters. The van der Waals surface area contributed by atoms with Gasteiger partial charge in [0.1, 0.15) is 6.04 Å². The minimum atomic E-state index is -1.26. The van der Waals surface area contributed by atoms with Gasteiger partial charge in [0.25, 0.3) is 0 Å². The van der Waals surface area contributed by atoms with Crippen LogP contribution in [0, 0.1) is 0 Å². The number of carboxylic acids is 2. The van der Waals surface area contributed by atoms with Crippen molar-refractivity contribution in [2.75, 3.05) is 0 Å².